The Morgan fingerprint density at radius 3 is 1.86 bits per heavy atom. The van der Waals surface area contributed by atoms with Crippen LogP contribution in [0, 0.1) is 0 Å². The van der Waals surface area contributed by atoms with Crippen molar-refractivity contribution in [1.29, 1.82) is 0 Å². The van der Waals surface area contributed by atoms with Gasteiger partial charge in [0.1, 0.15) is 0 Å². The fourth-order valence-corrected chi connectivity index (χ4v) is 1.48. The number of hydrogen-bond donors (Lipinski definition) is 0. The quantitative estimate of drug-likeness (QED) is 0.694. The summed E-state index contributed by atoms with van der Waals surface area (Å²) >= 11 is 0. The fourth-order valence-electron chi connectivity index (χ4n) is 1.48. The number of hydrogen-bond acceptors (Lipinski definition) is 1. The van der Waals surface area contributed by atoms with Crippen LogP contribution < -0.4 is 0 Å². The largest absolute Gasteiger partial charge is 0.305 e. The SMILES string of the molecule is CN(C)Cc1ccc(C(C)(C)C)cc1. The Morgan fingerprint density at radius 2 is 1.50 bits per heavy atom. The molecule has 0 N–H and O–H groups in total. The van der Waals surface area contributed by atoms with Crippen molar-refractivity contribution in [1.82, 2.24) is 4.90 Å². The molecule has 0 spiro atoms. The van der Waals surface area contributed by atoms with Gasteiger partial charge in [0.2, 0.25) is 0 Å². The molecular formula is C13H21N. The molecule has 0 aliphatic carbocycles. The molecule has 0 saturated carbocycles. The van der Waals surface area contributed by atoms with Gasteiger partial charge in [0.05, 0.1) is 0 Å². The van der Waals surface area contributed by atoms with E-state index in [1.807, 2.05) is 0 Å². The fraction of sp³-hybridized carbons (Fsp3) is 0.538. The zero-order chi connectivity index (χ0) is 10.8. The maximum atomic E-state index is 2.24. The molecule has 0 bridgehead atoms. The molecule has 0 heterocycles. The summed E-state index contributed by atoms with van der Waals surface area (Å²) in [6, 6.07) is 8.92. The summed E-state index contributed by atoms with van der Waals surface area (Å²) in [5.41, 5.74) is 3.04. The standard InChI is InChI=1S/C13H21N/c1-13(2,3)12-8-6-11(7-9-12)10-14(4)5/h6-9H,10H2,1-5H3. The Morgan fingerprint density at radius 1 is 1.00 bits per heavy atom. The van der Waals surface area contributed by atoms with Gasteiger partial charge in [-0.05, 0) is 30.6 Å². The average molecular weight is 191 g/mol. The van der Waals surface area contributed by atoms with Crippen molar-refractivity contribution in [2.75, 3.05) is 14.1 Å². The third kappa shape index (κ3) is 3.15. The van der Waals surface area contributed by atoms with Crippen molar-refractivity contribution in [3.8, 4) is 0 Å². The van der Waals surface area contributed by atoms with Gasteiger partial charge in [0.25, 0.3) is 0 Å². The second-order valence-electron chi connectivity index (χ2n) is 5.18. The normalized spacial score (nSPS) is 12.1. The van der Waals surface area contributed by atoms with Gasteiger partial charge in [0.15, 0.2) is 0 Å². The minimum atomic E-state index is 0.261. The van der Waals surface area contributed by atoms with Crippen LogP contribution in [0.3, 0.4) is 0 Å². The van der Waals surface area contributed by atoms with Crippen LogP contribution in [0.15, 0.2) is 24.3 Å². The smallest absolute Gasteiger partial charge is 0.0227 e. The molecule has 0 unspecified atom stereocenters. The molecule has 1 rings (SSSR count). The van der Waals surface area contributed by atoms with Gasteiger partial charge >= 0.3 is 0 Å². The van der Waals surface area contributed by atoms with Gasteiger partial charge in [-0.15, -0.1) is 0 Å². The summed E-state index contributed by atoms with van der Waals surface area (Å²) < 4.78 is 0. The highest BCUT2D eigenvalue weighted by molar-refractivity contribution is 5.27. The predicted molar refractivity (Wildman–Crippen MR) is 62.5 cm³/mol. The summed E-state index contributed by atoms with van der Waals surface area (Å²) in [6.45, 7) is 7.75. The first-order chi connectivity index (χ1) is 6.39. The van der Waals surface area contributed by atoms with Crippen LogP contribution in [0.4, 0.5) is 0 Å². The zero-order valence-electron chi connectivity index (χ0n) is 9.96. The van der Waals surface area contributed by atoms with E-state index < -0.39 is 0 Å². The van der Waals surface area contributed by atoms with Crippen LogP contribution in [0.1, 0.15) is 31.9 Å². The predicted octanol–water partition coefficient (Wildman–Crippen LogP) is 3.05. The van der Waals surface area contributed by atoms with Gasteiger partial charge in [-0.2, -0.15) is 0 Å². The summed E-state index contributed by atoms with van der Waals surface area (Å²) in [5.74, 6) is 0. The lowest BCUT2D eigenvalue weighted by Gasteiger charge is -2.19. The highest BCUT2D eigenvalue weighted by Crippen LogP contribution is 2.22. The molecule has 78 valence electrons. The summed E-state index contributed by atoms with van der Waals surface area (Å²) in [7, 11) is 4.19. The van der Waals surface area contributed by atoms with Crippen molar-refractivity contribution in [3.05, 3.63) is 35.4 Å². The Labute approximate surface area is 87.7 Å². The van der Waals surface area contributed by atoms with E-state index in [-0.39, 0.29) is 5.41 Å². The molecule has 0 fully saturated rings. The van der Waals surface area contributed by atoms with Crippen molar-refractivity contribution in [3.63, 3.8) is 0 Å². The summed E-state index contributed by atoms with van der Waals surface area (Å²) in [4.78, 5) is 2.19. The van der Waals surface area contributed by atoms with Crippen LogP contribution in [-0.2, 0) is 12.0 Å². The molecule has 0 radical (unpaired) electrons. The third-order valence-corrected chi connectivity index (χ3v) is 2.32. The lowest BCUT2D eigenvalue weighted by molar-refractivity contribution is 0.402. The van der Waals surface area contributed by atoms with E-state index in [9.17, 15) is 0 Å². The van der Waals surface area contributed by atoms with Crippen molar-refractivity contribution < 1.29 is 0 Å². The molecule has 1 aromatic carbocycles. The minimum Gasteiger partial charge on any atom is -0.305 e. The molecule has 1 aromatic rings. The van der Waals surface area contributed by atoms with Crippen molar-refractivity contribution >= 4 is 0 Å². The molecule has 0 atom stereocenters. The van der Waals surface area contributed by atoms with E-state index in [2.05, 4.69) is 64.0 Å². The van der Waals surface area contributed by atoms with E-state index in [0.29, 0.717) is 0 Å². The van der Waals surface area contributed by atoms with Gasteiger partial charge in [-0.25, -0.2) is 0 Å². The topological polar surface area (TPSA) is 3.24 Å². The van der Waals surface area contributed by atoms with Crippen LogP contribution in [-0.4, -0.2) is 19.0 Å². The molecule has 1 heteroatoms. The van der Waals surface area contributed by atoms with E-state index >= 15 is 0 Å². The number of benzene rings is 1. The number of rotatable bonds is 2. The molecular weight excluding hydrogens is 170 g/mol. The monoisotopic (exact) mass is 191 g/mol. The second-order valence-corrected chi connectivity index (χ2v) is 5.18. The maximum absolute atomic E-state index is 2.24. The first-order valence-corrected chi connectivity index (χ1v) is 5.14. The Hall–Kier alpha value is -0.820. The average Bonchev–Trinajstić information content (AvgIpc) is 2.02. The second kappa shape index (κ2) is 4.14. The summed E-state index contributed by atoms with van der Waals surface area (Å²) in [5, 5.41) is 0. The first kappa shape index (κ1) is 11.3. The van der Waals surface area contributed by atoms with Crippen LogP contribution >= 0.6 is 0 Å². The number of nitrogens with zero attached hydrogens (tertiary/aromatic N) is 1. The molecule has 0 aliphatic heterocycles. The zero-order valence-corrected chi connectivity index (χ0v) is 9.96. The molecule has 0 amide bonds. The van der Waals surface area contributed by atoms with E-state index in [4.69, 9.17) is 0 Å². The molecule has 14 heavy (non-hydrogen) atoms. The Balaban J connectivity index is 2.79. The van der Waals surface area contributed by atoms with Crippen LogP contribution in [0.2, 0.25) is 0 Å². The highest BCUT2D eigenvalue weighted by atomic mass is 15.0. The first-order valence-electron chi connectivity index (χ1n) is 5.14. The molecule has 0 aliphatic rings. The lowest BCUT2D eigenvalue weighted by Crippen LogP contribution is -2.13. The Kier molecular flexibility index (Phi) is 3.33. The molecule has 0 aromatic heterocycles. The van der Waals surface area contributed by atoms with Gasteiger partial charge < -0.3 is 4.90 Å². The Bertz CT molecular complexity index is 277. The van der Waals surface area contributed by atoms with Gasteiger partial charge in [0, 0.05) is 6.54 Å². The van der Waals surface area contributed by atoms with Crippen molar-refractivity contribution in [2.24, 2.45) is 0 Å². The minimum absolute atomic E-state index is 0.261. The molecule has 1 nitrogen and oxygen atoms in total. The summed E-state index contributed by atoms with van der Waals surface area (Å²) in [6.07, 6.45) is 0. The van der Waals surface area contributed by atoms with E-state index in [1.54, 1.807) is 0 Å². The van der Waals surface area contributed by atoms with Crippen LogP contribution in [0.5, 0.6) is 0 Å². The third-order valence-electron chi connectivity index (χ3n) is 2.32. The van der Waals surface area contributed by atoms with Crippen LogP contribution in [0.25, 0.3) is 0 Å². The maximum Gasteiger partial charge on any atom is 0.0227 e. The van der Waals surface area contributed by atoms with Crippen molar-refractivity contribution in [2.45, 2.75) is 32.7 Å². The highest BCUT2D eigenvalue weighted by Gasteiger charge is 2.12. The lowest BCUT2D eigenvalue weighted by atomic mass is 9.87. The van der Waals surface area contributed by atoms with E-state index in [1.165, 1.54) is 11.1 Å². The van der Waals surface area contributed by atoms with E-state index in [0.717, 1.165) is 6.54 Å². The molecule has 0 saturated heterocycles. The van der Waals surface area contributed by atoms with Gasteiger partial charge in [-0.1, -0.05) is 45.0 Å². The van der Waals surface area contributed by atoms with Gasteiger partial charge in [-0.3, -0.25) is 0 Å².